The summed E-state index contributed by atoms with van der Waals surface area (Å²) in [5.41, 5.74) is 1.28. The molecule has 1 aliphatic rings. The lowest BCUT2D eigenvalue weighted by atomic mass is 9.71. The Hall–Kier alpha value is -2.14. The third-order valence-electron chi connectivity index (χ3n) is 4.44. The van der Waals surface area contributed by atoms with Gasteiger partial charge in [0.15, 0.2) is 0 Å². The molecule has 1 amide bonds. The van der Waals surface area contributed by atoms with Crippen molar-refractivity contribution in [1.82, 2.24) is 14.5 Å². The minimum absolute atomic E-state index is 0.0346. The van der Waals surface area contributed by atoms with Crippen molar-refractivity contribution in [2.24, 2.45) is 12.5 Å². The summed E-state index contributed by atoms with van der Waals surface area (Å²) in [4.78, 5) is 18.6. The van der Waals surface area contributed by atoms with Crippen molar-refractivity contribution in [3.63, 3.8) is 0 Å². The van der Waals surface area contributed by atoms with E-state index in [4.69, 9.17) is 4.74 Å². The predicted octanol–water partition coefficient (Wildman–Crippen LogP) is 2.55. The third kappa shape index (κ3) is 3.15. The van der Waals surface area contributed by atoms with Crippen LogP contribution in [0.1, 0.15) is 31.3 Å². The molecule has 1 fully saturated rings. The molecule has 1 atom stereocenters. The number of aromatic nitrogens is 2. The number of likely N-dealkylation sites (tertiary alicyclic amines) is 1. The molecular formula is C18H23N3O2. The first-order valence-electron chi connectivity index (χ1n) is 7.87. The molecule has 0 spiro atoms. The van der Waals surface area contributed by atoms with Gasteiger partial charge in [-0.15, -0.1) is 0 Å². The van der Waals surface area contributed by atoms with Gasteiger partial charge in [-0.25, -0.2) is 4.98 Å². The highest BCUT2D eigenvalue weighted by molar-refractivity contribution is 5.79. The van der Waals surface area contributed by atoms with Crippen molar-refractivity contribution in [3.8, 4) is 0 Å². The number of carbonyl (C=O) groups excluding carboxylic acids is 1. The van der Waals surface area contributed by atoms with E-state index in [1.54, 1.807) is 6.20 Å². The number of nitrogens with zero attached hydrogens (tertiary/aromatic N) is 3. The molecule has 3 rings (SSSR count). The lowest BCUT2D eigenvalue weighted by molar-refractivity contribution is -0.157. The van der Waals surface area contributed by atoms with E-state index in [9.17, 15) is 4.79 Å². The maximum atomic E-state index is 12.5. The van der Waals surface area contributed by atoms with Gasteiger partial charge in [0.05, 0.1) is 6.04 Å². The zero-order valence-electron chi connectivity index (χ0n) is 13.9. The highest BCUT2D eigenvalue weighted by Gasteiger charge is 2.48. The molecule has 1 aromatic carbocycles. The van der Waals surface area contributed by atoms with Crippen LogP contribution < -0.4 is 0 Å². The molecule has 5 nitrogen and oxygen atoms in total. The Balaban J connectivity index is 1.60. The van der Waals surface area contributed by atoms with Gasteiger partial charge in [-0.1, -0.05) is 44.2 Å². The standard InChI is InChI=1S/C18H23N3O2/c1-18(2)13-21(17(18)14-7-5-4-6-8-14)16(22)12-23-11-15-19-9-10-20(15)3/h4-10,17H,11-13H2,1-3H3. The van der Waals surface area contributed by atoms with Gasteiger partial charge in [0.2, 0.25) is 5.91 Å². The number of aryl methyl sites for hydroxylation is 1. The van der Waals surface area contributed by atoms with Crippen molar-refractivity contribution >= 4 is 5.91 Å². The second kappa shape index (κ2) is 6.16. The summed E-state index contributed by atoms with van der Waals surface area (Å²) in [5.74, 6) is 0.855. The van der Waals surface area contributed by atoms with Gasteiger partial charge in [-0.2, -0.15) is 0 Å². The maximum Gasteiger partial charge on any atom is 0.249 e. The number of ether oxygens (including phenoxy) is 1. The zero-order valence-corrected chi connectivity index (χ0v) is 13.9. The Morgan fingerprint density at radius 1 is 1.35 bits per heavy atom. The summed E-state index contributed by atoms with van der Waals surface area (Å²) in [6.45, 7) is 5.60. The molecule has 122 valence electrons. The van der Waals surface area contributed by atoms with Gasteiger partial charge >= 0.3 is 0 Å². The Morgan fingerprint density at radius 3 is 2.70 bits per heavy atom. The Labute approximate surface area is 136 Å². The number of amides is 1. The second-order valence-corrected chi connectivity index (χ2v) is 6.77. The Morgan fingerprint density at radius 2 is 2.09 bits per heavy atom. The van der Waals surface area contributed by atoms with Crippen molar-refractivity contribution < 1.29 is 9.53 Å². The highest BCUT2D eigenvalue weighted by Crippen LogP contribution is 2.48. The second-order valence-electron chi connectivity index (χ2n) is 6.77. The fourth-order valence-corrected chi connectivity index (χ4v) is 3.27. The van der Waals surface area contributed by atoms with Crippen LogP contribution in [0.4, 0.5) is 0 Å². The van der Waals surface area contributed by atoms with Gasteiger partial charge in [0, 0.05) is 31.4 Å². The van der Waals surface area contributed by atoms with Crippen LogP contribution in [0.25, 0.3) is 0 Å². The molecule has 0 radical (unpaired) electrons. The average Bonchev–Trinajstić information content (AvgIpc) is 2.91. The monoisotopic (exact) mass is 313 g/mol. The molecule has 2 heterocycles. The summed E-state index contributed by atoms with van der Waals surface area (Å²) in [7, 11) is 1.91. The molecule has 2 aromatic rings. The van der Waals surface area contributed by atoms with Crippen LogP contribution in [-0.2, 0) is 23.2 Å². The molecular weight excluding hydrogens is 290 g/mol. The van der Waals surface area contributed by atoms with Crippen LogP contribution in [0.15, 0.2) is 42.7 Å². The minimum Gasteiger partial charge on any atom is -0.364 e. The van der Waals surface area contributed by atoms with E-state index in [1.807, 2.05) is 40.9 Å². The van der Waals surface area contributed by atoms with E-state index in [0.717, 1.165) is 12.4 Å². The summed E-state index contributed by atoms with van der Waals surface area (Å²) >= 11 is 0. The first kappa shape index (κ1) is 15.7. The van der Waals surface area contributed by atoms with Gasteiger partial charge in [-0.05, 0) is 5.56 Å². The number of benzene rings is 1. The number of hydrogen-bond acceptors (Lipinski definition) is 3. The fraction of sp³-hybridized carbons (Fsp3) is 0.444. The topological polar surface area (TPSA) is 47.4 Å². The first-order valence-corrected chi connectivity index (χ1v) is 7.87. The SMILES string of the molecule is Cn1ccnc1COCC(=O)N1CC(C)(C)C1c1ccccc1. The molecule has 1 aromatic heterocycles. The average molecular weight is 313 g/mol. The largest absolute Gasteiger partial charge is 0.364 e. The minimum atomic E-state index is 0.0346. The maximum absolute atomic E-state index is 12.5. The van der Waals surface area contributed by atoms with Gasteiger partial charge < -0.3 is 14.2 Å². The molecule has 5 heteroatoms. The Kier molecular flexibility index (Phi) is 4.22. The zero-order chi connectivity index (χ0) is 16.4. The molecule has 1 aliphatic heterocycles. The lowest BCUT2D eigenvalue weighted by Gasteiger charge is -2.54. The van der Waals surface area contributed by atoms with Gasteiger partial charge in [-0.3, -0.25) is 4.79 Å². The van der Waals surface area contributed by atoms with E-state index in [0.29, 0.717) is 6.61 Å². The molecule has 0 bridgehead atoms. The van der Waals surface area contributed by atoms with Crippen molar-refractivity contribution in [3.05, 3.63) is 54.1 Å². The molecule has 0 saturated carbocycles. The van der Waals surface area contributed by atoms with Crippen LogP contribution in [0, 0.1) is 5.41 Å². The van der Waals surface area contributed by atoms with Crippen LogP contribution in [0.3, 0.4) is 0 Å². The van der Waals surface area contributed by atoms with E-state index in [1.165, 1.54) is 5.56 Å². The predicted molar refractivity (Wildman–Crippen MR) is 87.5 cm³/mol. The highest BCUT2D eigenvalue weighted by atomic mass is 16.5. The molecule has 1 saturated heterocycles. The molecule has 23 heavy (non-hydrogen) atoms. The van der Waals surface area contributed by atoms with Crippen molar-refractivity contribution in [2.45, 2.75) is 26.5 Å². The third-order valence-corrected chi connectivity index (χ3v) is 4.44. The number of carbonyl (C=O) groups is 1. The van der Waals surface area contributed by atoms with E-state index in [-0.39, 0.29) is 24.0 Å². The summed E-state index contributed by atoms with van der Waals surface area (Å²) < 4.78 is 7.45. The van der Waals surface area contributed by atoms with Crippen LogP contribution in [0.5, 0.6) is 0 Å². The van der Waals surface area contributed by atoms with Gasteiger partial charge in [0.1, 0.15) is 19.0 Å². The lowest BCUT2D eigenvalue weighted by Crippen LogP contribution is -2.58. The van der Waals surface area contributed by atoms with E-state index >= 15 is 0 Å². The van der Waals surface area contributed by atoms with E-state index < -0.39 is 0 Å². The first-order chi connectivity index (χ1) is 11.0. The number of hydrogen-bond donors (Lipinski definition) is 0. The van der Waals surface area contributed by atoms with Gasteiger partial charge in [0.25, 0.3) is 0 Å². The van der Waals surface area contributed by atoms with Crippen LogP contribution >= 0.6 is 0 Å². The summed E-state index contributed by atoms with van der Waals surface area (Å²) in [6, 6.07) is 10.3. The molecule has 0 aliphatic carbocycles. The van der Waals surface area contributed by atoms with Crippen LogP contribution in [0.2, 0.25) is 0 Å². The van der Waals surface area contributed by atoms with Crippen molar-refractivity contribution in [2.75, 3.05) is 13.2 Å². The summed E-state index contributed by atoms with van der Waals surface area (Å²) in [5, 5.41) is 0. The summed E-state index contributed by atoms with van der Waals surface area (Å²) in [6.07, 6.45) is 3.59. The number of imidazole rings is 1. The molecule has 0 N–H and O–H groups in total. The van der Waals surface area contributed by atoms with Crippen molar-refractivity contribution in [1.29, 1.82) is 0 Å². The fourth-order valence-electron chi connectivity index (χ4n) is 3.27. The molecule has 1 unspecified atom stereocenters. The van der Waals surface area contributed by atoms with E-state index in [2.05, 4.69) is 31.0 Å². The normalized spacial score (nSPS) is 19.4. The quantitative estimate of drug-likeness (QED) is 0.852. The number of rotatable bonds is 5. The smallest absolute Gasteiger partial charge is 0.249 e. The van der Waals surface area contributed by atoms with Crippen LogP contribution in [-0.4, -0.2) is 33.5 Å². The Bertz CT molecular complexity index is 679.